The van der Waals surface area contributed by atoms with Crippen LogP contribution in [-0.4, -0.2) is 17.8 Å². The molecule has 2 heterocycles. The predicted molar refractivity (Wildman–Crippen MR) is 75.1 cm³/mol. The van der Waals surface area contributed by atoms with Crippen molar-refractivity contribution in [3.05, 3.63) is 39.1 Å². The van der Waals surface area contributed by atoms with Gasteiger partial charge in [-0.2, -0.15) is 13.2 Å². The highest BCUT2D eigenvalue weighted by molar-refractivity contribution is 9.11. The standard InChI is InChI=1S/C12H10BrF3N2OS/c13-10-3-8(6-20-10)4-17-9-1-2-11(18-5-9)19-7-12(14,15)16/h1-3,5-6,17H,4,7H2. The number of nitrogens with zero attached hydrogens (tertiary/aromatic N) is 1. The molecule has 0 radical (unpaired) electrons. The van der Waals surface area contributed by atoms with Gasteiger partial charge in [-0.15, -0.1) is 11.3 Å². The quantitative estimate of drug-likeness (QED) is 0.848. The molecular weight excluding hydrogens is 357 g/mol. The molecule has 2 rings (SSSR count). The van der Waals surface area contributed by atoms with E-state index in [0.29, 0.717) is 12.2 Å². The lowest BCUT2D eigenvalue weighted by Gasteiger charge is -2.09. The average molecular weight is 367 g/mol. The minimum absolute atomic E-state index is 0.0499. The molecular formula is C12H10BrF3N2OS. The Labute approximate surface area is 125 Å². The maximum absolute atomic E-state index is 12.0. The monoisotopic (exact) mass is 366 g/mol. The van der Waals surface area contributed by atoms with Crippen LogP contribution in [0.4, 0.5) is 18.9 Å². The molecule has 0 amide bonds. The van der Waals surface area contributed by atoms with Gasteiger partial charge in [-0.05, 0) is 39.0 Å². The van der Waals surface area contributed by atoms with E-state index in [1.165, 1.54) is 12.3 Å². The number of ether oxygens (including phenoxy) is 1. The zero-order valence-corrected chi connectivity index (χ0v) is 12.5. The van der Waals surface area contributed by atoms with Gasteiger partial charge in [0, 0.05) is 12.6 Å². The molecule has 0 fully saturated rings. The largest absolute Gasteiger partial charge is 0.468 e. The Bertz CT molecular complexity index is 557. The molecule has 108 valence electrons. The smallest absolute Gasteiger partial charge is 0.422 e. The summed E-state index contributed by atoms with van der Waals surface area (Å²) in [5.74, 6) is -0.0499. The van der Waals surface area contributed by atoms with Crippen LogP contribution in [-0.2, 0) is 6.54 Å². The highest BCUT2D eigenvalue weighted by Crippen LogP contribution is 2.22. The summed E-state index contributed by atoms with van der Waals surface area (Å²) in [4.78, 5) is 3.81. The second kappa shape index (κ2) is 6.45. The highest BCUT2D eigenvalue weighted by Gasteiger charge is 2.28. The molecule has 2 aromatic rings. The molecule has 8 heteroatoms. The van der Waals surface area contributed by atoms with Gasteiger partial charge in [-0.1, -0.05) is 0 Å². The van der Waals surface area contributed by atoms with Crippen molar-refractivity contribution < 1.29 is 17.9 Å². The molecule has 0 saturated carbocycles. The maximum atomic E-state index is 12.0. The summed E-state index contributed by atoms with van der Waals surface area (Å²) in [6.45, 7) is -0.720. The SMILES string of the molecule is FC(F)(F)COc1ccc(NCc2csc(Br)c2)cn1. The van der Waals surface area contributed by atoms with Gasteiger partial charge >= 0.3 is 6.18 Å². The molecule has 0 spiro atoms. The first kappa shape index (κ1) is 15.1. The van der Waals surface area contributed by atoms with E-state index < -0.39 is 12.8 Å². The Morgan fingerprint density at radius 3 is 2.70 bits per heavy atom. The van der Waals surface area contributed by atoms with Gasteiger partial charge in [0.05, 0.1) is 15.7 Å². The fraction of sp³-hybridized carbons (Fsp3) is 0.250. The Morgan fingerprint density at radius 1 is 1.35 bits per heavy atom. The van der Waals surface area contributed by atoms with Gasteiger partial charge in [0.2, 0.25) is 5.88 Å². The first-order chi connectivity index (χ1) is 9.42. The van der Waals surface area contributed by atoms with E-state index in [2.05, 4.69) is 31.0 Å². The zero-order chi connectivity index (χ0) is 14.6. The zero-order valence-electron chi connectivity index (χ0n) is 10.1. The molecule has 0 saturated heterocycles. The second-order valence-electron chi connectivity index (χ2n) is 3.90. The molecule has 0 aliphatic carbocycles. The van der Waals surface area contributed by atoms with E-state index in [1.54, 1.807) is 17.4 Å². The fourth-order valence-electron chi connectivity index (χ4n) is 1.37. The maximum Gasteiger partial charge on any atom is 0.422 e. The molecule has 0 unspecified atom stereocenters. The average Bonchev–Trinajstić information content (AvgIpc) is 2.80. The number of alkyl halides is 3. The van der Waals surface area contributed by atoms with Crippen LogP contribution in [0.15, 0.2) is 33.6 Å². The van der Waals surface area contributed by atoms with Crippen LogP contribution in [0.2, 0.25) is 0 Å². The molecule has 2 aromatic heterocycles. The lowest BCUT2D eigenvalue weighted by atomic mass is 10.3. The first-order valence-corrected chi connectivity index (χ1v) is 7.22. The summed E-state index contributed by atoms with van der Waals surface area (Å²) in [5, 5.41) is 5.12. The Hall–Kier alpha value is -1.28. The van der Waals surface area contributed by atoms with Gasteiger partial charge in [0.15, 0.2) is 6.61 Å². The third-order valence-corrected chi connectivity index (χ3v) is 3.79. The molecule has 3 nitrogen and oxygen atoms in total. The van der Waals surface area contributed by atoms with Crippen molar-refractivity contribution in [3.63, 3.8) is 0 Å². The fourth-order valence-corrected chi connectivity index (χ4v) is 2.58. The number of pyridine rings is 1. The van der Waals surface area contributed by atoms with Crippen molar-refractivity contribution in [1.82, 2.24) is 4.98 Å². The second-order valence-corrected chi connectivity index (χ2v) is 6.19. The molecule has 20 heavy (non-hydrogen) atoms. The molecule has 0 atom stereocenters. The van der Waals surface area contributed by atoms with Gasteiger partial charge in [-0.3, -0.25) is 0 Å². The summed E-state index contributed by atoms with van der Waals surface area (Å²) < 4.78 is 41.5. The van der Waals surface area contributed by atoms with Crippen molar-refractivity contribution in [1.29, 1.82) is 0 Å². The third kappa shape index (κ3) is 5.01. The molecule has 0 bridgehead atoms. The lowest BCUT2D eigenvalue weighted by Crippen LogP contribution is -2.19. The van der Waals surface area contributed by atoms with E-state index in [-0.39, 0.29) is 5.88 Å². The van der Waals surface area contributed by atoms with Crippen LogP contribution in [0, 0.1) is 0 Å². The number of aromatic nitrogens is 1. The van der Waals surface area contributed by atoms with E-state index in [1.807, 2.05) is 11.4 Å². The number of hydrogen-bond donors (Lipinski definition) is 1. The van der Waals surface area contributed by atoms with Gasteiger partial charge in [0.25, 0.3) is 0 Å². The van der Waals surface area contributed by atoms with E-state index in [9.17, 15) is 13.2 Å². The highest BCUT2D eigenvalue weighted by atomic mass is 79.9. The lowest BCUT2D eigenvalue weighted by molar-refractivity contribution is -0.154. The van der Waals surface area contributed by atoms with Crippen molar-refractivity contribution in [2.75, 3.05) is 11.9 Å². The van der Waals surface area contributed by atoms with Crippen LogP contribution in [0.5, 0.6) is 5.88 Å². The summed E-state index contributed by atoms with van der Waals surface area (Å²) >= 11 is 4.96. The van der Waals surface area contributed by atoms with Crippen molar-refractivity contribution in [2.45, 2.75) is 12.7 Å². The van der Waals surface area contributed by atoms with Crippen LogP contribution in [0.3, 0.4) is 0 Å². The Kier molecular flexibility index (Phi) is 4.87. The predicted octanol–water partition coefficient (Wildman–Crippen LogP) is 4.46. The van der Waals surface area contributed by atoms with Crippen molar-refractivity contribution in [2.24, 2.45) is 0 Å². The third-order valence-electron chi connectivity index (χ3n) is 2.24. The Morgan fingerprint density at radius 2 is 2.15 bits per heavy atom. The number of nitrogens with one attached hydrogen (secondary N) is 1. The summed E-state index contributed by atoms with van der Waals surface area (Å²) in [5.41, 5.74) is 1.82. The number of thiophene rings is 1. The number of anilines is 1. The first-order valence-electron chi connectivity index (χ1n) is 5.55. The summed E-state index contributed by atoms with van der Waals surface area (Å²) in [6, 6.07) is 5.02. The van der Waals surface area contributed by atoms with Crippen LogP contribution < -0.4 is 10.1 Å². The summed E-state index contributed by atoms with van der Waals surface area (Å²) in [7, 11) is 0. The van der Waals surface area contributed by atoms with E-state index in [0.717, 1.165) is 9.35 Å². The van der Waals surface area contributed by atoms with Gasteiger partial charge < -0.3 is 10.1 Å². The van der Waals surface area contributed by atoms with E-state index >= 15 is 0 Å². The Balaban J connectivity index is 1.85. The van der Waals surface area contributed by atoms with Gasteiger partial charge in [0.1, 0.15) is 0 Å². The van der Waals surface area contributed by atoms with Gasteiger partial charge in [-0.25, -0.2) is 4.98 Å². The number of hydrogen-bond acceptors (Lipinski definition) is 4. The minimum Gasteiger partial charge on any atom is -0.468 e. The molecule has 1 N–H and O–H groups in total. The molecule has 0 aliphatic rings. The molecule has 0 aromatic carbocycles. The minimum atomic E-state index is -4.36. The van der Waals surface area contributed by atoms with Crippen molar-refractivity contribution >= 4 is 33.0 Å². The number of rotatable bonds is 5. The number of halogens is 4. The van der Waals surface area contributed by atoms with Crippen LogP contribution in [0.1, 0.15) is 5.56 Å². The molecule has 0 aliphatic heterocycles. The van der Waals surface area contributed by atoms with Crippen LogP contribution >= 0.6 is 27.3 Å². The summed E-state index contributed by atoms with van der Waals surface area (Å²) in [6.07, 6.45) is -2.92. The van der Waals surface area contributed by atoms with Crippen molar-refractivity contribution in [3.8, 4) is 5.88 Å². The topological polar surface area (TPSA) is 34.1 Å². The van der Waals surface area contributed by atoms with Crippen LogP contribution in [0.25, 0.3) is 0 Å². The normalized spacial score (nSPS) is 11.4. The van der Waals surface area contributed by atoms with E-state index in [4.69, 9.17) is 0 Å².